The molecule has 0 saturated carbocycles. The van der Waals surface area contributed by atoms with Gasteiger partial charge in [0, 0.05) is 23.3 Å². The minimum atomic E-state index is -4.45. The first-order chi connectivity index (χ1) is 15.7. The van der Waals surface area contributed by atoms with Gasteiger partial charge in [0.1, 0.15) is 11.8 Å². The van der Waals surface area contributed by atoms with Crippen LogP contribution in [0, 0.1) is 0 Å². The number of rotatable bonds is 4. The summed E-state index contributed by atoms with van der Waals surface area (Å²) in [6.45, 7) is 0. The quantitative estimate of drug-likeness (QED) is 0.366. The number of carbonyl (C=O) groups is 2. The molecule has 0 atom stereocenters. The zero-order chi connectivity index (χ0) is 23.6. The van der Waals surface area contributed by atoms with E-state index in [1.165, 1.54) is 10.8 Å². The molecule has 2 aromatic heterocycles. The highest BCUT2D eigenvalue weighted by Gasteiger charge is 2.30. The molecule has 0 fully saturated rings. The highest BCUT2D eigenvalue weighted by atomic mass is 19.4. The smallest absolute Gasteiger partial charge is 0.382 e. The van der Waals surface area contributed by atoms with Gasteiger partial charge < -0.3 is 21.7 Å². The van der Waals surface area contributed by atoms with Crippen molar-refractivity contribution in [2.45, 2.75) is 6.18 Å². The molecule has 0 aliphatic rings. The van der Waals surface area contributed by atoms with Crippen LogP contribution in [0.5, 0.6) is 0 Å². The monoisotopic (exact) mass is 455 g/mol. The van der Waals surface area contributed by atoms with E-state index in [1.54, 1.807) is 36.5 Å². The van der Waals surface area contributed by atoms with E-state index in [0.29, 0.717) is 22.5 Å². The Hall–Kier alpha value is -4.61. The lowest BCUT2D eigenvalue weighted by molar-refractivity contribution is -0.137. The number of benzene rings is 2. The van der Waals surface area contributed by atoms with Gasteiger partial charge in [0.05, 0.1) is 11.1 Å². The molecule has 0 bridgehead atoms. The first-order valence-electron chi connectivity index (χ1n) is 9.45. The molecule has 0 aliphatic carbocycles. The predicted molar refractivity (Wildman–Crippen MR) is 116 cm³/mol. The molecule has 0 unspecified atom stereocenters. The largest absolute Gasteiger partial charge is 0.416 e. The van der Waals surface area contributed by atoms with Crippen molar-refractivity contribution in [3.05, 3.63) is 78.2 Å². The molecule has 2 aromatic carbocycles. The van der Waals surface area contributed by atoms with Crippen LogP contribution < -0.4 is 21.7 Å². The Morgan fingerprint density at radius 1 is 0.848 bits per heavy atom. The van der Waals surface area contributed by atoms with E-state index >= 15 is 0 Å². The zero-order valence-electron chi connectivity index (χ0n) is 16.7. The van der Waals surface area contributed by atoms with E-state index in [-0.39, 0.29) is 11.5 Å². The molecule has 2 heterocycles. The van der Waals surface area contributed by atoms with Crippen LogP contribution in [0.4, 0.5) is 40.8 Å². The van der Waals surface area contributed by atoms with Crippen LogP contribution in [-0.4, -0.2) is 26.5 Å². The minimum Gasteiger partial charge on any atom is -0.382 e. The Morgan fingerprint density at radius 2 is 1.39 bits per heavy atom. The molecular weight excluding hydrogens is 439 g/mol. The number of hydrogen-bond acceptors (Lipinski definition) is 5. The summed E-state index contributed by atoms with van der Waals surface area (Å²) in [5.41, 5.74) is 6.77. The first-order valence-corrected chi connectivity index (χ1v) is 9.45. The van der Waals surface area contributed by atoms with Gasteiger partial charge in [-0.1, -0.05) is 0 Å². The van der Waals surface area contributed by atoms with E-state index in [4.69, 9.17) is 5.73 Å². The van der Waals surface area contributed by atoms with Gasteiger partial charge in [0.25, 0.3) is 5.91 Å². The summed E-state index contributed by atoms with van der Waals surface area (Å²) in [7, 11) is 0. The van der Waals surface area contributed by atoms with Crippen LogP contribution in [0.2, 0.25) is 0 Å². The summed E-state index contributed by atoms with van der Waals surface area (Å²) in [5, 5.41) is 11.7. The number of urea groups is 1. The molecule has 5 N–H and O–H groups in total. The lowest BCUT2D eigenvalue weighted by atomic mass is 10.2. The standard InChI is InChI=1S/C21H16F3N7O2/c22-21(23,24)12-1-3-14(4-2-12)29-20(33)30-15-7-5-13(6-8-15)28-19(32)16-9-10-31-17(16)18(25)26-11-27-31/h1-11H,(H,28,32)(H2,25,26,27)(H2,29,30,33). The lowest BCUT2D eigenvalue weighted by Gasteiger charge is -2.10. The molecule has 168 valence electrons. The van der Waals surface area contributed by atoms with Crippen molar-refractivity contribution in [2.75, 3.05) is 21.7 Å². The Balaban J connectivity index is 1.37. The number of aromatic nitrogens is 3. The molecule has 0 spiro atoms. The number of nitrogen functional groups attached to an aromatic ring is 1. The number of alkyl halides is 3. The van der Waals surface area contributed by atoms with E-state index in [0.717, 1.165) is 24.3 Å². The average molecular weight is 455 g/mol. The summed E-state index contributed by atoms with van der Waals surface area (Å²) in [5.74, 6) is -0.251. The fraction of sp³-hybridized carbons (Fsp3) is 0.0476. The molecule has 0 radical (unpaired) electrons. The number of amides is 3. The Labute approximate surface area is 184 Å². The summed E-state index contributed by atoms with van der Waals surface area (Å²) in [4.78, 5) is 28.6. The summed E-state index contributed by atoms with van der Waals surface area (Å²) >= 11 is 0. The van der Waals surface area contributed by atoms with Crippen LogP contribution in [0.3, 0.4) is 0 Å². The van der Waals surface area contributed by atoms with E-state index < -0.39 is 23.7 Å². The van der Waals surface area contributed by atoms with Gasteiger partial charge in [-0.3, -0.25) is 4.79 Å². The Bertz CT molecular complexity index is 1320. The highest BCUT2D eigenvalue weighted by molar-refractivity contribution is 6.10. The first kappa shape index (κ1) is 21.6. The normalized spacial score (nSPS) is 11.2. The van der Waals surface area contributed by atoms with Crippen molar-refractivity contribution in [3.63, 3.8) is 0 Å². The van der Waals surface area contributed by atoms with Crippen LogP contribution in [0.25, 0.3) is 5.52 Å². The van der Waals surface area contributed by atoms with E-state index in [9.17, 15) is 22.8 Å². The molecule has 0 aliphatic heterocycles. The van der Waals surface area contributed by atoms with Crippen LogP contribution in [0.1, 0.15) is 15.9 Å². The topological polar surface area (TPSA) is 126 Å². The third-order valence-corrected chi connectivity index (χ3v) is 4.60. The maximum absolute atomic E-state index is 12.6. The average Bonchev–Trinajstić information content (AvgIpc) is 3.21. The SMILES string of the molecule is Nc1ncnn2ccc(C(=O)Nc3ccc(NC(=O)Nc4ccc(C(F)(F)F)cc4)cc3)c12. The van der Waals surface area contributed by atoms with Gasteiger partial charge in [0.15, 0.2) is 5.82 Å². The van der Waals surface area contributed by atoms with E-state index in [1.807, 2.05) is 0 Å². The third kappa shape index (κ3) is 4.84. The Morgan fingerprint density at radius 3 is 1.97 bits per heavy atom. The van der Waals surface area contributed by atoms with Crippen molar-refractivity contribution in [3.8, 4) is 0 Å². The van der Waals surface area contributed by atoms with Gasteiger partial charge in [0.2, 0.25) is 0 Å². The summed E-state index contributed by atoms with van der Waals surface area (Å²) < 4.78 is 39.3. The number of anilines is 4. The molecule has 12 heteroatoms. The molecule has 4 rings (SSSR count). The number of hydrogen-bond donors (Lipinski definition) is 4. The van der Waals surface area contributed by atoms with Crippen molar-refractivity contribution >= 4 is 40.3 Å². The number of nitrogens with two attached hydrogens (primary N) is 1. The van der Waals surface area contributed by atoms with Gasteiger partial charge >= 0.3 is 12.2 Å². The van der Waals surface area contributed by atoms with Gasteiger partial charge in [-0.2, -0.15) is 18.3 Å². The number of nitrogens with one attached hydrogen (secondary N) is 3. The molecule has 4 aromatic rings. The minimum absolute atomic E-state index is 0.166. The van der Waals surface area contributed by atoms with Gasteiger partial charge in [-0.15, -0.1) is 0 Å². The highest BCUT2D eigenvalue weighted by Crippen LogP contribution is 2.29. The van der Waals surface area contributed by atoms with Crippen molar-refractivity contribution < 1.29 is 22.8 Å². The maximum atomic E-state index is 12.6. The fourth-order valence-electron chi connectivity index (χ4n) is 3.03. The fourth-order valence-corrected chi connectivity index (χ4v) is 3.03. The molecule has 33 heavy (non-hydrogen) atoms. The lowest BCUT2D eigenvalue weighted by Crippen LogP contribution is -2.19. The molecule has 3 amide bonds. The molecule has 9 nitrogen and oxygen atoms in total. The summed E-state index contributed by atoms with van der Waals surface area (Å²) in [6.07, 6.45) is -1.58. The second-order valence-corrected chi connectivity index (χ2v) is 6.85. The Kier molecular flexibility index (Phi) is 5.56. The van der Waals surface area contributed by atoms with Crippen molar-refractivity contribution in [1.29, 1.82) is 0 Å². The zero-order valence-corrected chi connectivity index (χ0v) is 16.7. The van der Waals surface area contributed by atoms with Crippen molar-refractivity contribution in [2.24, 2.45) is 0 Å². The third-order valence-electron chi connectivity index (χ3n) is 4.60. The molecule has 0 saturated heterocycles. The predicted octanol–water partition coefficient (Wildman–Crippen LogP) is 4.23. The molecular formula is C21H16F3N7O2. The van der Waals surface area contributed by atoms with Crippen LogP contribution in [-0.2, 0) is 6.18 Å². The van der Waals surface area contributed by atoms with Crippen molar-refractivity contribution in [1.82, 2.24) is 14.6 Å². The van der Waals surface area contributed by atoms with Crippen LogP contribution >= 0.6 is 0 Å². The number of halogens is 3. The van der Waals surface area contributed by atoms with Crippen LogP contribution in [0.15, 0.2) is 67.1 Å². The number of carbonyl (C=O) groups excluding carboxylic acids is 2. The maximum Gasteiger partial charge on any atom is 0.416 e. The van der Waals surface area contributed by atoms with Gasteiger partial charge in [-0.25, -0.2) is 14.3 Å². The number of fused-ring (bicyclic) bond motifs is 1. The van der Waals surface area contributed by atoms with Gasteiger partial charge in [-0.05, 0) is 54.6 Å². The second kappa shape index (κ2) is 8.49. The van der Waals surface area contributed by atoms with E-state index in [2.05, 4.69) is 26.0 Å². The summed E-state index contributed by atoms with van der Waals surface area (Å²) in [6, 6.07) is 11.2. The second-order valence-electron chi connectivity index (χ2n) is 6.85. The number of nitrogens with zero attached hydrogens (tertiary/aromatic N) is 3.